The van der Waals surface area contributed by atoms with Crippen molar-refractivity contribution in [1.29, 1.82) is 0 Å². The van der Waals surface area contributed by atoms with Crippen molar-refractivity contribution < 1.29 is 9.21 Å². The molecule has 0 saturated carbocycles. The Kier molecular flexibility index (Phi) is 3.10. The predicted molar refractivity (Wildman–Crippen MR) is 61.9 cm³/mol. The highest BCUT2D eigenvalue weighted by Gasteiger charge is 2.11. The Labute approximate surface area is 102 Å². The van der Waals surface area contributed by atoms with E-state index in [9.17, 15) is 9.59 Å². The molecule has 0 radical (unpaired) electrons. The minimum atomic E-state index is -0.648. The summed E-state index contributed by atoms with van der Waals surface area (Å²) in [5.74, 6) is -0.638. The molecule has 2 aromatic rings. The van der Waals surface area contributed by atoms with Gasteiger partial charge in [0.2, 0.25) is 5.89 Å². The Bertz CT molecular complexity index is 598. The maximum absolute atomic E-state index is 11.4. The second-order valence-corrected chi connectivity index (χ2v) is 3.98. The number of hydrogen-bond donors (Lipinski definition) is 0. The largest absolute Gasteiger partial charge is 0.437 e. The van der Waals surface area contributed by atoms with Gasteiger partial charge < -0.3 is 4.42 Å². The van der Waals surface area contributed by atoms with Gasteiger partial charge in [0, 0.05) is 10.6 Å². The normalized spacial score (nSPS) is 10.5. The van der Waals surface area contributed by atoms with Gasteiger partial charge in [-0.25, -0.2) is 4.79 Å². The molecule has 88 valence electrons. The number of Topliss-reactive ketones (excluding diaryl/α,β-unsaturated/α-hetero) is 1. The number of carbonyl (C=O) groups excluding carboxylic acids is 1. The molecule has 0 N–H and O–H groups in total. The zero-order valence-electron chi connectivity index (χ0n) is 9.01. The van der Waals surface area contributed by atoms with Crippen LogP contribution in [0.1, 0.15) is 6.92 Å². The van der Waals surface area contributed by atoms with Gasteiger partial charge in [0.1, 0.15) is 6.54 Å². The van der Waals surface area contributed by atoms with Crippen LogP contribution in [0.5, 0.6) is 0 Å². The van der Waals surface area contributed by atoms with Gasteiger partial charge in [-0.2, -0.15) is 4.68 Å². The molecule has 2 rings (SSSR count). The lowest BCUT2D eigenvalue weighted by atomic mass is 10.2. The van der Waals surface area contributed by atoms with E-state index >= 15 is 0 Å². The molecule has 1 aromatic heterocycles. The first-order chi connectivity index (χ1) is 8.06. The third-order valence-electron chi connectivity index (χ3n) is 2.07. The van der Waals surface area contributed by atoms with E-state index in [4.69, 9.17) is 16.0 Å². The zero-order valence-corrected chi connectivity index (χ0v) is 9.77. The van der Waals surface area contributed by atoms with E-state index in [0.29, 0.717) is 10.6 Å². The van der Waals surface area contributed by atoms with Gasteiger partial charge in [-0.1, -0.05) is 11.6 Å². The van der Waals surface area contributed by atoms with Gasteiger partial charge >= 0.3 is 5.76 Å². The van der Waals surface area contributed by atoms with Gasteiger partial charge in [-0.15, -0.1) is 5.10 Å². The highest BCUT2D eigenvalue weighted by atomic mass is 35.5. The summed E-state index contributed by atoms with van der Waals surface area (Å²) in [5.41, 5.74) is 0.633. The van der Waals surface area contributed by atoms with Crippen LogP contribution in [0.15, 0.2) is 33.5 Å². The molecule has 1 aromatic carbocycles. The van der Waals surface area contributed by atoms with E-state index < -0.39 is 5.76 Å². The Morgan fingerprint density at radius 2 is 2.06 bits per heavy atom. The molecular weight excluding hydrogens is 244 g/mol. The summed E-state index contributed by atoms with van der Waals surface area (Å²) in [4.78, 5) is 22.3. The van der Waals surface area contributed by atoms with Crippen molar-refractivity contribution in [2.45, 2.75) is 13.5 Å². The minimum absolute atomic E-state index is 0.0874. The molecule has 0 atom stereocenters. The quantitative estimate of drug-likeness (QED) is 0.835. The first kappa shape index (κ1) is 11.6. The highest BCUT2D eigenvalue weighted by Crippen LogP contribution is 2.18. The number of halogens is 1. The van der Waals surface area contributed by atoms with Gasteiger partial charge in [0.15, 0.2) is 5.78 Å². The first-order valence-electron chi connectivity index (χ1n) is 4.89. The lowest BCUT2D eigenvalue weighted by Gasteiger charge is -1.94. The Balaban J connectivity index is 2.37. The number of carbonyl (C=O) groups is 1. The van der Waals surface area contributed by atoms with Gasteiger partial charge in [-0.3, -0.25) is 4.79 Å². The number of benzene rings is 1. The number of rotatable bonds is 3. The van der Waals surface area contributed by atoms with E-state index in [-0.39, 0.29) is 18.2 Å². The lowest BCUT2D eigenvalue weighted by Crippen LogP contribution is -2.19. The molecule has 0 unspecified atom stereocenters. The van der Waals surface area contributed by atoms with Gasteiger partial charge in [-0.05, 0) is 31.2 Å². The van der Waals surface area contributed by atoms with Crippen LogP contribution in [0, 0.1) is 0 Å². The van der Waals surface area contributed by atoms with Crippen molar-refractivity contribution >= 4 is 17.4 Å². The zero-order chi connectivity index (χ0) is 12.4. The molecule has 5 nitrogen and oxygen atoms in total. The standard InChI is InChI=1S/C11H9ClN2O3/c1-7(15)6-14-11(16)17-10(13-14)8-2-4-9(12)5-3-8/h2-5H,6H2,1H3. The predicted octanol–water partition coefficient (Wildman–Crippen LogP) is 1.75. The second-order valence-electron chi connectivity index (χ2n) is 3.54. The SMILES string of the molecule is CC(=O)Cn1nc(-c2ccc(Cl)cc2)oc1=O. The van der Waals surface area contributed by atoms with Crippen LogP contribution < -0.4 is 5.76 Å². The smallest absolute Gasteiger partial charge is 0.388 e. The molecule has 0 bridgehead atoms. The summed E-state index contributed by atoms with van der Waals surface area (Å²) in [7, 11) is 0. The van der Waals surface area contributed by atoms with Crippen LogP contribution in [0.2, 0.25) is 5.02 Å². The van der Waals surface area contributed by atoms with E-state index in [1.807, 2.05) is 0 Å². The van der Waals surface area contributed by atoms with Crippen molar-refractivity contribution in [3.05, 3.63) is 39.8 Å². The van der Waals surface area contributed by atoms with Crippen LogP contribution in [0.4, 0.5) is 0 Å². The molecule has 0 fully saturated rings. The summed E-state index contributed by atoms with van der Waals surface area (Å²) >= 11 is 5.74. The van der Waals surface area contributed by atoms with Crippen LogP contribution in [-0.4, -0.2) is 15.6 Å². The Hall–Kier alpha value is -1.88. The monoisotopic (exact) mass is 252 g/mol. The van der Waals surface area contributed by atoms with E-state index in [1.165, 1.54) is 6.92 Å². The molecule has 0 aliphatic heterocycles. The second kappa shape index (κ2) is 4.55. The number of nitrogens with zero attached hydrogens (tertiary/aromatic N) is 2. The van der Waals surface area contributed by atoms with Crippen molar-refractivity contribution in [3.8, 4) is 11.5 Å². The maximum Gasteiger partial charge on any atom is 0.437 e. The molecule has 0 aliphatic carbocycles. The van der Waals surface area contributed by atoms with Gasteiger partial charge in [0.25, 0.3) is 0 Å². The number of aromatic nitrogens is 2. The topological polar surface area (TPSA) is 65.1 Å². The third kappa shape index (κ3) is 2.62. The summed E-state index contributed by atoms with van der Waals surface area (Å²) in [5, 5.41) is 4.51. The van der Waals surface area contributed by atoms with Crippen LogP contribution in [0.25, 0.3) is 11.5 Å². The fourth-order valence-electron chi connectivity index (χ4n) is 1.33. The molecule has 0 spiro atoms. The minimum Gasteiger partial charge on any atom is -0.388 e. The number of ketones is 1. The van der Waals surface area contributed by atoms with Crippen LogP contribution in [0.3, 0.4) is 0 Å². The van der Waals surface area contributed by atoms with Gasteiger partial charge in [0.05, 0.1) is 0 Å². The number of hydrogen-bond acceptors (Lipinski definition) is 4. The average molecular weight is 253 g/mol. The summed E-state index contributed by atoms with van der Waals surface area (Å²) in [6, 6.07) is 6.71. The molecule has 0 amide bonds. The summed E-state index contributed by atoms with van der Waals surface area (Å²) in [6.45, 7) is 1.29. The Morgan fingerprint density at radius 3 is 2.65 bits per heavy atom. The summed E-state index contributed by atoms with van der Waals surface area (Å²) in [6.07, 6.45) is 0. The van der Waals surface area contributed by atoms with E-state index in [2.05, 4.69) is 5.10 Å². The van der Waals surface area contributed by atoms with E-state index in [0.717, 1.165) is 4.68 Å². The van der Waals surface area contributed by atoms with Crippen LogP contribution >= 0.6 is 11.6 Å². The van der Waals surface area contributed by atoms with Crippen LogP contribution in [-0.2, 0) is 11.3 Å². The fourth-order valence-corrected chi connectivity index (χ4v) is 1.45. The van der Waals surface area contributed by atoms with Crippen molar-refractivity contribution in [1.82, 2.24) is 9.78 Å². The lowest BCUT2D eigenvalue weighted by molar-refractivity contribution is -0.117. The van der Waals surface area contributed by atoms with E-state index in [1.54, 1.807) is 24.3 Å². The van der Waals surface area contributed by atoms with Crippen molar-refractivity contribution in [2.24, 2.45) is 0 Å². The molecular formula is C11H9ClN2O3. The third-order valence-corrected chi connectivity index (χ3v) is 2.32. The molecule has 0 aliphatic rings. The maximum atomic E-state index is 11.4. The highest BCUT2D eigenvalue weighted by molar-refractivity contribution is 6.30. The fraction of sp³-hybridized carbons (Fsp3) is 0.182. The molecule has 0 saturated heterocycles. The first-order valence-corrected chi connectivity index (χ1v) is 5.27. The summed E-state index contributed by atoms with van der Waals surface area (Å²) < 4.78 is 5.93. The molecule has 6 heteroatoms. The Morgan fingerprint density at radius 1 is 1.41 bits per heavy atom. The van der Waals surface area contributed by atoms with Crippen molar-refractivity contribution in [2.75, 3.05) is 0 Å². The molecule has 17 heavy (non-hydrogen) atoms. The average Bonchev–Trinajstić information content (AvgIpc) is 2.60. The molecule has 1 heterocycles. The van der Waals surface area contributed by atoms with Crippen molar-refractivity contribution in [3.63, 3.8) is 0 Å².